The molecule has 6 heteroatoms. The zero-order valence-electron chi connectivity index (χ0n) is 14.0. The molecule has 1 amide bonds. The molecule has 0 spiro atoms. The second kappa shape index (κ2) is 9.08. The molecular formula is C18H26F2N2O2. The van der Waals surface area contributed by atoms with Crippen LogP contribution in [0.1, 0.15) is 37.9 Å². The Hall–Kier alpha value is -1.53. The summed E-state index contributed by atoms with van der Waals surface area (Å²) >= 11 is 0. The largest absolute Gasteiger partial charge is 0.388 e. The molecule has 0 saturated carbocycles. The van der Waals surface area contributed by atoms with Crippen LogP contribution in [0, 0.1) is 5.92 Å². The van der Waals surface area contributed by atoms with Gasteiger partial charge in [0.15, 0.2) is 0 Å². The molecule has 2 rings (SSSR count). The van der Waals surface area contributed by atoms with E-state index >= 15 is 0 Å². The summed E-state index contributed by atoms with van der Waals surface area (Å²) in [6.07, 6.45) is -1.29. The standard InChI is InChI=1S/C18H26F2N2O2/c1-13(11-16(23)14-5-3-2-4-6-14)21-18(24)15-7-9-22(10-8-15)12-17(19)20/h2-6,13,15-17,23H,7-12H2,1H3,(H,21,24)/t13-,16-/m1/s1. The van der Waals surface area contributed by atoms with Crippen molar-refractivity contribution < 1.29 is 18.7 Å². The fourth-order valence-corrected chi connectivity index (χ4v) is 3.14. The average molecular weight is 340 g/mol. The van der Waals surface area contributed by atoms with Crippen molar-refractivity contribution in [3.63, 3.8) is 0 Å². The minimum Gasteiger partial charge on any atom is -0.388 e. The van der Waals surface area contributed by atoms with Gasteiger partial charge in [-0.3, -0.25) is 9.69 Å². The van der Waals surface area contributed by atoms with E-state index in [0.29, 0.717) is 32.4 Å². The Labute approximate surface area is 141 Å². The fraction of sp³-hybridized carbons (Fsp3) is 0.611. The van der Waals surface area contributed by atoms with Gasteiger partial charge in [-0.1, -0.05) is 30.3 Å². The lowest BCUT2D eigenvalue weighted by Crippen LogP contribution is -2.44. The van der Waals surface area contributed by atoms with Crippen molar-refractivity contribution in [3.8, 4) is 0 Å². The molecule has 24 heavy (non-hydrogen) atoms. The van der Waals surface area contributed by atoms with Gasteiger partial charge in [0.1, 0.15) is 0 Å². The summed E-state index contributed by atoms with van der Waals surface area (Å²) in [4.78, 5) is 14.0. The number of piperidine rings is 1. The van der Waals surface area contributed by atoms with Crippen LogP contribution in [-0.2, 0) is 4.79 Å². The van der Waals surface area contributed by atoms with Crippen molar-refractivity contribution in [1.29, 1.82) is 0 Å². The molecule has 0 aliphatic carbocycles. The van der Waals surface area contributed by atoms with Gasteiger partial charge in [0.25, 0.3) is 6.43 Å². The summed E-state index contributed by atoms with van der Waals surface area (Å²) in [6.45, 7) is 2.72. The van der Waals surface area contributed by atoms with Crippen LogP contribution in [0.5, 0.6) is 0 Å². The molecule has 0 aromatic heterocycles. The number of hydrogen-bond acceptors (Lipinski definition) is 3. The number of nitrogens with one attached hydrogen (secondary N) is 1. The minimum atomic E-state index is -2.32. The molecule has 4 nitrogen and oxygen atoms in total. The van der Waals surface area contributed by atoms with E-state index in [-0.39, 0.29) is 24.4 Å². The number of alkyl halides is 2. The zero-order valence-corrected chi connectivity index (χ0v) is 14.0. The predicted octanol–water partition coefficient (Wildman–Crippen LogP) is 2.59. The second-order valence-electron chi connectivity index (χ2n) is 6.54. The topological polar surface area (TPSA) is 52.6 Å². The van der Waals surface area contributed by atoms with Gasteiger partial charge in [-0.25, -0.2) is 8.78 Å². The number of carbonyl (C=O) groups is 1. The summed E-state index contributed by atoms with van der Waals surface area (Å²) in [5.74, 6) is -0.172. The van der Waals surface area contributed by atoms with Gasteiger partial charge >= 0.3 is 0 Å². The van der Waals surface area contributed by atoms with Crippen LogP contribution in [0.25, 0.3) is 0 Å². The SMILES string of the molecule is C[C@H](C[C@@H](O)c1ccccc1)NC(=O)C1CCN(CC(F)F)CC1. The third-order valence-corrected chi connectivity index (χ3v) is 4.50. The molecule has 1 aliphatic rings. The first-order valence-corrected chi connectivity index (χ1v) is 8.49. The van der Waals surface area contributed by atoms with E-state index in [1.807, 2.05) is 37.3 Å². The normalized spacial score (nSPS) is 19.2. The smallest absolute Gasteiger partial charge is 0.251 e. The number of likely N-dealkylation sites (tertiary alicyclic amines) is 1. The number of carbonyl (C=O) groups excluding carboxylic acids is 1. The van der Waals surface area contributed by atoms with Crippen LogP contribution < -0.4 is 5.32 Å². The van der Waals surface area contributed by atoms with Crippen molar-refractivity contribution in [2.24, 2.45) is 5.92 Å². The average Bonchev–Trinajstić information content (AvgIpc) is 2.55. The minimum absolute atomic E-state index is 0.0422. The van der Waals surface area contributed by atoms with Crippen molar-refractivity contribution in [1.82, 2.24) is 10.2 Å². The molecule has 1 aromatic rings. The Balaban J connectivity index is 1.74. The monoisotopic (exact) mass is 340 g/mol. The van der Waals surface area contributed by atoms with E-state index in [4.69, 9.17) is 0 Å². The van der Waals surface area contributed by atoms with Crippen molar-refractivity contribution >= 4 is 5.91 Å². The summed E-state index contributed by atoms with van der Waals surface area (Å²) in [5.41, 5.74) is 0.832. The zero-order chi connectivity index (χ0) is 17.5. The Morgan fingerprint density at radius 2 is 1.92 bits per heavy atom. The maximum absolute atomic E-state index is 12.4. The molecule has 134 valence electrons. The molecule has 0 bridgehead atoms. The number of aliphatic hydroxyl groups excluding tert-OH is 1. The van der Waals surface area contributed by atoms with Crippen molar-refractivity contribution in [2.75, 3.05) is 19.6 Å². The van der Waals surface area contributed by atoms with Crippen LogP contribution in [0.4, 0.5) is 8.78 Å². The van der Waals surface area contributed by atoms with E-state index in [1.165, 1.54) is 0 Å². The molecule has 1 fully saturated rings. The Morgan fingerprint density at radius 1 is 1.29 bits per heavy atom. The fourth-order valence-electron chi connectivity index (χ4n) is 3.14. The summed E-state index contributed by atoms with van der Waals surface area (Å²) in [5, 5.41) is 13.1. The van der Waals surface area contributed by atoms with Gasteiger partial charge in [-0.2, -0.15) is 0 Å². The number of hydrogen-bond donors (Lipinski definition) is 2. The van der Waals surface area contributed by atoms with Crippen LogP contribution in [0.15, 0.2) is 30.3 Å². The van der Waals surface area contributed by atoms with Crippen LogP contribution in [0.3, 0.4) is 0 Å². The van der Waals surface area contributed by atoms with Gasteiger partial charge in [-0.15, -0.1) is 0 Å². The number of rotatable bonds is 7. The first-order chi connectivity index (χ1) is 11.5. The van der Waals surface area contributed by atoms with Gasteiger partial charge in [0, 0.05) is 12.0 Å². The quantitative estimate of drug-likeness (QED) is 0.802. The molecule has 0 radical (unpaired) electrons. The van der Waals surface area contributed by atoms with Crippen LogP contribution in [-0.4, -0.2) is 48.0 Å². The first-order valence-electron chi connectivity index (χ1n) is 8.49. The van der Waals surface area contributed by atoms with E-state index in [1.54, 1.807) is 4.90 Å². The van der Waals surface area contributed by atoms with E-state index < -0.39 is 12.5 Å². The van der Waals surface area contributed by atoms with Gasteiger partial charge in [0.2, 0.25) is 5.91 Å². The Bertz CT molecular complexity index is 505. The van der Waals surface area contributed by atoms with Gasteiger partial charge in [-0.05, 0) is 44.8 Å². The summed E-state index contributed by atoms with van der Waals surface area (Å²) < 4.78 is 24.7. The lowest BCUT2D eigenvalue weighted by molar-refractivity contribution is -0.127. The van der Waals surface area contributed by atoms with Crippen LogP contribution in [0.2, 0.25) is 0 Å². The molecule has 0 unspecified atom stereocenters. The Kier molecular flexibility index (Phi) is 7.12. The lowest BCUT2D eigenvalue weighted by Gasteiger charge is -2.31. The molecule has 2 atom stereocenters. The number of nitrogens with zero attached hydrogens (tertiary/aromatic N) is 1. The van der Waals surface area contributed by atoms with Crippen LogP contribution >= 0.6 is 0 Å². The maximum atomic E-state index is 12.4. The molecule has 1 heterocycles. The predicted molar refractivity (Wildman–Crippen MR) is 88.8 cm³/mol. The van der Waals surface area contributed by atoms with Gasteiger partial charge < -0.3 is 10.4 Å². The number of halogens is 2. The molecular weight excluding hydrogens is 314 g/mol. The van der Waals surface area contributed by atoms with Crippen molar-refractivity contribution in [3.05, 3.63) is 35.9 Å². The van der Waals surface area contributed by atoms with Crippen molar-refractivity contribution in [2.45, 2.75) is 44.8 Å². The molecule has 1 aromatic carbocycles. The first kappa shape index (κ1) is 18.8. The third-order valence-electron chi connectivity index (χ3n) is 4.50. The highest BCUT2D eigenvalue weighted by atomic mass is 19.3. The highest BCUT2D eigenvalue weighted by molar-refractivity contribution is 5.79. The molecule has 2 N–H and O–H groups in total. The Morgan fingerprint density at radius 3 is 2.50 bits per heavy atom. The summed E-state index contributed by atoms with van der Waals surface area (Å²) in [7, 11) is 0. The van der Waals surface area contributed by atoms with E-state index in [0.717, 1.165) is 5.56 Å². The number of amides is 1. The highest BCUT2D eigenvalue weighted by Crippen LogP contribution is 2.20. The molecule has 1 saturated heterocycles. The summed E-state index contributed by atoms with van der Waals surface area (Å²) in [6, 6.07) is 9.20. The van der Waals surface area contributed by atoms with Gasteiger partial charge in [0.05, 0.1) is 12.6 Å². The van der Waals surface area contributed by atoms with E-state index in [9.17, 15) is 18.7 Å². The second-order valence-corrected chi connectivity index (χ2v) is 6.54. The number of benzene rings is 1. The lowest BCUT2D eigenvalue weighted by atomic mass is 9.95. The third kappa shape index (κ3) is 5.83. The maximum Gasteiger partial charge on any atom is 0.251 e. The number of aliphatic hydroxyl groups is 1. The molecule has 1 aliphatic heterocycles. The highest BCUT2D eigenvalue weighted by Gasteiger charge is 2.27. The van der Waals surface area contributed by atoms with E-state index in [2.05, 4.69) is 5.32 Å².